The molecule has 1 unspecified atom stereocenters. The summed E-state index contributed by atoms with van der Waals surface area (Å²) in [6.45, 7) is 8.50. The minimum atomic E-state index is 0.960. The lowest BCUT2D eigenvalue weighted by molar-refractivity contribution is 0.406. The lowest BCUT2D eigenvalue weighted by Crippen LogP contribution is -2.14. The van der Waals surface area contributed by atoms with E-state index < -0.39 is 0 Å². The quantitative estimate of drug-likeness (QED) is 0.561. The Hall–Kier alpha value is -0.780. The van der Waals surface area contributed by atoms with Gasteiger partial charge in [0, 0.05) is 0 Å². The van der Waals surface area contributed by atoms with Gasteiger partial charge >= 0.3 is 0 Å². The first kappa shape index (κ1) is 16.3. The normalized spacial score (nSPS) is 17.4. The highest BCUT2D eigenvalue weighted by Gasteiger charge is 2.17. The summed E-state index contributed by atoms with van der Waals surface area (Å²) < 4.78 is 0. The van der Waals surface area contributed by atoms with E-state index in [0.717, 1.165) is 5.92 Å². The second kappa shape index (κ2) is 9.18. The maximum atomic E-state index is 2.39. The molecule has 0 N–H and O–H groups in total. The molecule has 0 saturated carbocycles. The molecule has 0 nitrogen and oxygen atoms in total. The zero-order valence-electron chi connectivity index (χ0n) is 13.5. The van der Waals surface area contributed by atoms with Crippen LogP contribution in [0.25, 0.3) is 0 Å². The molecular weight excluding hydrogens is 228 g/mol. The van der Waals surface area contributed by atoms with E-state index in [-0.39, 0.29) is 0 Å². The first-order valence-electron chi connectivity index (χ1n) is 8.38. The largest absolute Gasteiger partial charge is 0.0683 e. The minimum Gasteiger partial charge on any atom is -0.0683 e. The van der Waals surface area contributed by atoms with Crippen LogP contribution >= 0.6 is 0 Å². The van der Waals surface area contributed by atoms with Gasteiger partial charge in [-0.3, -0.25) is 0 Å². The number of rotatable bonds is 5. The molecule has 1 atom stereocenters. The molecule has 0 aliphatic heterocycles. The Morgan fingerprint density at radius 1 is 1.05 bits per heavy atom. The summed E-state index contributed by atoms with van der Waals surface area (Å²) in [5.74, 6) is 0.960. The van der Waals surface area contributed by atoms with Crippen LogP contribution in [0, 0.1) is 12.8 Å². The lowest BCUT2D eigenvalue weighted by atomic mass is 9.81. The van der Waals surface area contributed by atoms with Crippen molar-refractivity contribution in [3.8, 4) is 0 Å². The smallest absolute Gasteiger partial charge is 0.0248 e. The van der Waals surface area contributed by atoms with Crippen molar-refractivity contribution < 1.29 is 0 Å². The first-order valence-corrected chi connectivity index (χ1v) is 8.38. The van der Waals surface area contributed by atoms with Crippen LogP contribution in [0.4, 0.5) is 0 Å². The predicted octanol–water partition coefficient (Wildman–Crippen LogP) is 6.10. The van der Waals surface area contributed by atoms with Gasteiger partial charge in [-0.1, -0.05) is 76.6 Å². The van der Waals surface area contributed by atoms with E-state index in [4.69, 9.17) is 0 Å². The van der Waals surface area contributed by atoms with Gasteiger partial charge in [-0.2, -0.15) is 0 Å². The number of fused-ring (bicyclic) bond motifs is 1. The number of unbranched alkanes of at least 4 members (excludes halogenated alkanes) is 3. The third-order valence-corrected chi connectivity index (χ3v) is 4.16. The summed E-state index contributed by atoms with van der Waals surface area (Å²) in [4.78, 5) is 0. The van der Waals surface area contributed by atoms with E-state index in [1.165, 1.54) is 56.9 Å². The Morgan fingerprint density at radius 3 is 2.58 bits per heavy atom. The molecule has 0 heterocycles. The molecule has 2 rings (SSSR count). The molecule has 0 fully saturated rings. The number of hydrogen-bond donors (Lipinski definition) is 0. The van der Waals surface area contributed by atoms with Gasteiger partial charge in [0.15, 0.2) is 0 Å². The average molecular weight is 260 g/mol. The maximum Gasteiger partial charge on any atom is -0.0248 e. The highest BCUT2D eigenvalue weighted by atomic mass is 14.2. The SMILES string of the molecule is CC.CCCCCCC1CCc2cc(C)ccc2C1. The Labute approximate surface area is 120 Å². The van der Waals surface area contributed by atoms with Crippen LogP contribution in [0.1, 0.15) is 76.0 Å². The van der Waals surface area contributed by atoms with Gasteiger partial charge in [0.05, 0.1) is 0 Å². The molecule has 1 aromatic rings. The fourth-order valence-corrected chi connectivity index (χ4v) is 3.07. The van der Waals surface area contributed by atoms with Crippen LogP contribution in [-0.2, 0) is 12.8 Å². The summed E-state index contributed by atoms with van der Waals surface area (Å²) in [5.41, 5.74) is 4.67. The Balaban J connectivity index is 0.000000861. The molecule has 0 radical (unpaired) electrons. The molecule has 1 aliphatic rings. The van der Waals surface area contributed by atoms with Crippen molar-refractivity contribution in [2.24, 2.45) is 5.92 Å². The predicted molar refractivity (Wildman–Crippen MR) is 86.8 cm³/mol. The molecule has 0 aromatic heterocycles. The highest BCUT2D eigenvalue weighted by molar-refractivity contribution is 5.33. The van der Waals surface area contributed by atoms with E-state index in [9.17, 15) is 0 Å². The Bertz CT molecular complexity index is 351. The van der Waals surface area contributed by atoms with Crippen molar-refractivity contribution in [3.05, 3.63) is 34.9 Å². The van der Waals surface area contributed by atoms with Crippen molar-refractivity contribution in [3.63, 3.8) is 0 Å². The van der Waals surface area contributed by atoms with E-state index >= 15 is 0 Å². The summed E-state index contributed by atoms with van der Waals surface area (Å²) in [6.07, 6.45) is 11.2. The topological polar surface area (TPSA) is 0 Å². The first-order chi connectivity index (χ1) is 9.29. The van der Waals surface area contributed by atoms with Gasteiger partial charge < -0.3 is 0 Å². The third-order valence-electron chi connectivity index (χ3n) is 4.16. The third kappa shape index (κ3) is 5.38. The molecular formula is C19H32. The van der Waals surface area contributed by atoms with E-state index in [1.54, 1.807) is 11.1 Å². The van der Waals surface area contributed by atoms with Gasteiger partial charge in [0.25, 0.3) is 0 Å². The van der Waals surface area contributed by atoms with Crippen molar-refractivity contribution in [2.45, 2.75) is 79.1 Å². The molecule has 0 spiro atoms. The monoisotopic (exact) mass is 260 g/mol. The van der Waals surface area contributed by atoms with Gasteiger partial charge in [0.1, 0.15) is 0 Å². The second-order valence-corrected chi connectivity index (χ2v) is 5.73. The van der Waals surface area contributed by atoms with Crippen molar-refractivity contribution in [1.82, 2.24) is 0 Å². The van der Waals surface area contributed by atoms with Crippen molar-refractivity contribution >= 4 is 0 Å². The number of aryl methyl sites for hydroxylation is 2. The van der Waals surface area contributed by atoms with Crippen LogP contribution in [0.15, 0.2) is 18.2 Å². The summed E-state index contributed by atoms with van der Waals surface area (Å²) >= 11 is 0. The zero-order chi connectivity index (χ0) is 14.1. The van der Waals surface area contributed by atoms with Gasteiger partial charge in [-0.15, -0.1) is 0 Å². The van der Waals surface area contributed by atoms with E-state index in [0.29, 0.717) is 0 Å². The van der Waals surface area contributed by atoms with Gasteiger partial charge in [-0.25, -0.2) is 0 Å². The lowest BCUT2D eigenvalue weighted by Gasteiger charge is -2.25. The molecule has 1 aliphatic carbocycles. The molecule has 0 amide bonds. The minimum absolute atomic E-state index is 0.960. The van der Waals surface area contributed by atoms with E-state index in [1.807, 2.05) is 13.8 Å². The standard InChI is InChI=1S/C17H26.C2H6/c1-3-4-5-6-7-15-9-11-16-12-14(2)8-10-17(16)13-15;1-2/h8,10,12,15H,3-7,9,11,13H2,1-2H3;1-2H3. The zero-order valence-corrected chi connectivity index (χ0v) is 13.5. The van der Waals surface area contributed by atoms with Crippen LogP contribution in [0.2, 0.25) is 0 Å². The summed E-state index contributed by atoms with van der Waals surface area (Å²) in [7, 11) is 0. The highest BCUT2D eigenvalue weighted by Crippen LogP contribution is 2.29. The maximum absolute atomic E-state index is 2.39. The molecule has 0 saturated heterocycles. The Morgan fingerprint density at radius 2 is 1.84 bits per heavy atom. The second-order valence-electron chi connectivity index (χ2n) is 5.73. The summed E-state index contributed by atoms with van der Waals surface area (Å²) in [5, 5.41) is 0. The fourth-order valence-electron chi connectivity index (χ4n) is 3.07. The van der Waals surface area contributed by atoms with Crippen molar-refractivity contribution in [1.29, 1.82) is 0 Å². The van der Waals surface area contributed by atoms with Crippen molar-refractivity contribution in [2.75, 3.05) is 0 Å². The van der Waals surface area contributed by atoms with E-state index in [2.05, 4.69) is 32.0 Å². The fraction of sp³-hybridized carbons (Fsp3) is 0.684. The molecule has 1 aromatic carbocycles. The molecule has 0 heteroatoms. The molecule has 108 valence electrons. The van der Waals surface area contributed by atoms with Gasteiger partial charge in [0.2, 0.25) is 0 Å². The molecule has 0 bridgehead atoms. The summed E-state index contributed by atoms with van der Waals surface area (Å²) in [6, 6.07) is 7.03. The number of benzene rings is 1. The van der Waals surface area contributed by atoms with Crippen LogP contribution in [0.5, 0.6) is 0 Å². The average Bonchev–Trinajstić information content (AvgIpc) is 2.46. The van der Waals surface area contributed by atoms with Crippen LogP contribution < -0.4 is 0 Å². The van der Waals surface area contributed by atoms with Gasteiger partial charge in [-0.05, 0) is 43.2 Å². The number of hydrogen-bond acceptors (Lipinski definition) is 0. The van der Waals surface area contributed by atoms with Crippen LogP contribution in [-0.4, -0.2) is 0 Å². The Kier molecular flexibility index (Phi) is 7.86. The molecule has 19 heavy (non-hydrogen) atoms. The van der Waals surface area contributed by atoms with Crippen LogP contribution in [0.3, 0.4) is 0 Å².